The number of benzene rings is 3. The SMILES string of the molecule is [O]=[Ge].c1ccc2c(c1)ccc1c3c(ccc12)CCCC3. The third-order valence-electron chi connectivity index (χ3n) is 4.26. The fourth-order valence-electron chi connectivity index (χ4n) is 3.34. The molecule has 0 spiro atoms. The van der Waals surface area contributed by atoms with Crippen LogP contribution in [0.5, 0.6) is 0 Å². The fraction of sp³-hybridized carbons (Fsp3) is 0.222. The minimum atomic E-state index is 0.750. The number of hydrogen-bond acceptors (Lipinski definition) is 1. The van der Waals surface area contributed by atoms with Crippen LogP contribution in [0.4, 0.5) is 0 Å². The Bertz CT molecular complexity index is 764. The van der Waals surface area contributed by atoms with Crippen LogP contribution in [0.25, 0.3) is 21.5 Å². The normalized spacial score (nSPS) is 13.6. The molecule has 0 aromatic heterocycles. The molecule has 0 amide bonds. The van der Waals surface area contributed by atoms with Gasteiger partial charge in [0, 0.05) is 0 Å². The van der Waals surface area contributed by atoms with Gasteiger partial charge in [-0.3, -0.25) is 0 Å². The summed E-state index contributed by atoms with van der Waals surface area (Å²) < 4.78 is 8.25. The van der Waals surface area contributed by atoms with Crippen molar-refractivity contribution in [1.29, 1.82) is 0 Å². The molecule has 0 atom stereocenters. The number of rotatable bonds is 0. The molecule has 0 aliphatic heterocycles. The van der Waals surface area contributed by atoms with Crippen LogP contribution >= 0.6 is 0 Å². The zero-order valence-corrected chi connectivity index (χ0v) is 13.5. The molecule has 1 aliphatic carbocycles. The summed E-state index contributed by atoms with van der Waals surface area (Å²) in [7, 11) is 0. The molecule has 0 unspecified atom stereocenters. The van der Waals surface area contributed by atoms with Gasteiger partial charge in [-0.15, -0.1) is 0 Å². The van der Waals surface area contributed by atoms with E-state index in [-0.39, 0.29) is 0 Å². The first kappa shape index (κ1) is 13.5. The first-order valence-electron chi connectivity index (χ1n) is 7.06. The maximum absolute atomic E-state index is 8.25. The van der Waals surface area contributed by atoms with Crippen molar-refractivity contribution in [2.24, 2.45) is 0 Å². The number of hydrogen-bond donors (Lipinski definition) is 0. The van der Waals surface area contributed by atoms with Crippen molar-refractivity contribution in [3.63, 3.8) is 0 Å². The second-order valence-electron chi connectivity index (χ2n) is 5.29. The van der Waals surface area contributed by atoms with Gasteiger partial charge in [-0.1, -0.05) is 48.5 Å². The van der Waals surface area contributed by atoms with Crippen molar-refractivity contribution in [2.45, 2.75) is 25.7 Å². The van der Waals surface area contributed by atoms with Crippen molar-refractivity contribution in [2.75, 3.05) is 0 Å². The second kappa shape index (κ2) is 5.88. The maximum Gasteiger partial charge on any atom is -0.0102 e. The van der Waals surface area contributed by atoms with Crippen LogP contribution in [0.1, 0.15) is 24.0 Å². The van der Waals surface area contributed by atoms with Gasteiger partial charge in [0.25, 0.3) is 0 Å². The van der Waals surface area contributed by atoms with Crippen molar-refractivity contribution in [1.82, 2.24) is 0 Å². The zero-order valence-electron chi connectivity index (χ0n) is 11.4. The molecule has 2 heteroatoms. The molecule has 3 aromatic carbocycles. The van der Waals surface area contributed by atoms with Gasteiger partial charge in [-0.25, -0.2) is 0 Å². The van der Waals surface area contributed by atoms with Crippen LogP contribution in [-0.4, -0.2) is 16.5 Å². The Hall–Kier alpha value is -1.48. The first-order chi connectivity index (χ1) is 9.93. The van der Waals surface area contributed by atoms with E-state index < -0.39 is 0 Å². The van der Waals surface area contributed by atoms with E-state index in [9.17, 15) is 0 Å². The monoisotopic (exact) mass is 322 g/mol. The van der Waals surface area contributed by atoms with E-state index in [0.717, 1.165) is 16.5 Å². The molecule has 0 heterocycles. The average Bonchev–Trinajstić information content (AvgIpc) is 2.56. The predicted octanol–water partition coefficient (Wildman–Crippen LogP) is 4.37. The predicted molar refractivity (Wildman–Crippen MR) is 84.5 cm³/mol. The quantitative estimate of drug-likeness (QED) is 0.444. The molecule has 3 aromatic rings. The topological polar surface area (TPSA) is 17.1 Å². The standard InChI is InChI=1S/C18H16.GeO/c1-3-7-15-13(5-1)9-11-18-16-8-4-2-6-14(16)10-12-17(15)18;1-2/h1,3,5,7,9-12H,2,4,6,8H2;. The van der Waals surface area contributed by atoms with E-state index in [1.165, 1.54) is 47.2 Å². The summed E-state index contributed by atoms with van der Waals surface area (Å²) in [5.74, 6) is 0. The van der Waals surface area contributed by atoms with E-state index in [1.54, 1.807) is 11.1 Å². The molecule has 0 fully saturated rings. The molecule has 1 aliphatic rings. The molecule has 20 heavy (non-hydrogen) atoms. The Morgan fingerprint density at radius 1 is 0.700 bits per heavy atom. The largest absolute Gasteiger partial charge is 0.0616 e. The fourth-order valence-corrected chi connectivity index (χ4v) is 3.34. The molecule has 2 radical (unpaired) electrons. The smallest absolute Gasteiger partial charge is 0.0102 e. The molecular weight excluding hydrogens is 305 g/mol. The molecule has 0 bridgehead atoms. The van der Waals surface area contributed by atoms with Gasteiger partial charge in [0.05, 0.1) is 0 Å². The van der Waals surface area contributed by atoms with Crippen LogP contribution in [0, 0.1) is 0 Å². The second-order valence-corrected chi connectivity index (χ2v) is 5.29. The van der Waals surface area contributed by atoms with Gasteiger partial charge in [0.2, 0.25) is 0 Å². The molecule has 0 N–H and O–H groups in total. The van der Waals surface area contributed by atoms with E-state index in [1.807, 2.05) is 0 Å². The van der Waals surface area contributed by atoms with E-state index in [0.29, 0.717) is 0 Å². The van der Waals surface area contributed by atoms with Crippen LogP contribution < -0.4 is 0 Å². The van der Waals surface area contributed by atoms with Crippen LogP contribution in [0.3, 0.4) is 0 Å². The molecule has 0 saturated heterocycles. The zero-order chi connectivity index (χ0) is 13.9. The van der Waals surface area contributed by atoms with E-state index >= 15 is 0 Å². The molecular formula is C18H16GeO. The van der Waals surface area contributed by atoms with E-state index in [2.05, 4.69) is 48.5 Å². The molecule has 0 saturated carbocycles. The summed E-state index contributed by atoms with van der Waals surface area (Å²) in [6.45, 7) is 0. The van der Waals surface area contributed by atoms with Crippen LogP contribution in [0.15, 0.2) is 48.5 Å². The summed E-state index contributed by atoms with van der Waals surface area (Å²) in [5, 5.41) is 5.64. The van der Waals surface area contributed by atoms with Gasteiger partial charge < -0.3 is 0 Å². The third-order valence-corrected chi connectivity index (χ3v) is 4.26. The third kappa shape index (κ3) is 2.20. The summed E-state index contributed by atoms with van der Waals surface area (Å²) in [4.78, 5) is 0. The minimum absolute atomic E-state index is 0.750. The number of fused-ring (bicyclic) bond motifs is 5. The minimum Gasteiger partial charge on any atom is -0.0616 e. The summed E-state index contributed by atoms with van der Waals surface area (Å²) >= 11 is 0.750. The van der Waals surface area contributed by atoms with Crippen molar-refractivity contribution < 1.29 is 3.78 Å². The number of aryl methyl sites for hydroxylation is 2. The Morgan fingerprint density at radius 2 is 1.45 bits per heavy atom. The Morgan fingerprint density at radius 3 is 2.35 bits per heavy atom. The Kier molecular flexibility index (Phi) is 3.97. The molecule has 4 rings (SSSR count). The first-order valence-corrected chi connectivity index (χ1v) is 7.92. The van der Waals surface area contributed by atoms with Gasteiger partial charge >= 0.3 is 20.2 Å². The summed E-state index contributed by atoms with van der Waals surface area (Å²) in [6, 6.07) is 18.0. The summed E-state index contributed by atoms with van der Waals surface area (Å²) in [6.07, 6.45) is 5.22. The van der Waals surface area contributed by atoms with Crippen LogP contribution in [-0.2, 0) is 16.6 Å². The van der Waals surface area contributed by atoms with Gasteiger partial charge in [0.15, 0.2) is 0 Å². The van der Waals surface area contributed by atoms with Crippen LogP contribution in [0.2, 0.25) is 0 Å². The van der Waals surface area contributed by atoms with Gasteiger partial charge in [-0.05, 0) is 58.4 Å². The van der Waals surface area contributed by atoms with Gasteiger partial charge in [0.1, 0.15) is 0 Å². The summed E-state index contributed by atoms with van der Waals surface area (Å²) in [5.41, 5.74) is 3.17. The Balaban J connectivity index is 0.000000581. The van der Waals surface area contributed by atoms with Gasteiger partial charge in [-0.2, -0.15) is 0 Å². The average molecular weight is 321 g/mol. The van der Waals surface area contributed by atoms with E-state index in [4.69, 9.17) is 3.78 Å². The Labute approximate surface area is 127 Å². The molecule has 98 valence electrons. The molecule has 1 nitrogen and oxygen atoms in total. The van der Waals surface area contributed by atoms with Crippen molar-refractivity contribution in [3.05, 3.63) is 59.7 Å². The van der Waals surface area contributed by atoms with Crippen molar-refractivity contribution in [3.8, 4) is 0 Å². The van der Waals surface area contributed by atoms with Crippen molar-refractivity contribution >= 4 is 38.0 Å². The maximum atomic E-state index is 8.25.